The van der Waals surface area contributed by atoms with E-state index in [1.807, 2.05) is 58.0 Å². The van der Waals surface area contributed by atoms with Gasteiger partial charge in [0.2, 0.25) is 0 Å². The Morgan fingerprint density at radius 2 is 1.75 bits per heavy atom. The first kappa shape index (κ1) is 14.4. The summed E-state index contributed by atoms with van der Waals surface area (Å²) in [7, 11) is 0. The molecule has 3 heteroatoms. The third-order valence-electron chi connectivity index (χ3n) is 2.89. The van der Waals surface area contributed by atoms with Crippen molar-refractivity contribution in [3.8, 4) is 0 Å². The quantitative estimate of drug-likeness (QED) is 0.858. The van der Waals surface area contributed by atoms with Gasteiger partial charge in [-0.25, -0.2) is 4.79 Å². The number of nitrogens with one attached hydrogen (secondary N) is 1. The number of esters is 1. The van der Waals surface area contributed by atoms with Gasteiger partial charge in [-0.3, -0.25) is 0 Å². The highest BCUT2D eigenvalue weighted by molar-refractivity contribution is 5.87. The third-order valence-corrected chi connectivity index (χ3v) is 2.89. The van der Waals surface area contributed by atoms with E-state index in [1.54, 1.807) is 0 Å². The average Bonchev–Trinajstić information content (AvgIpc) is 2.36. The molecule has 106 valence electrons. The maximum absolute atomic E-state index is 11.9. The number of benzene rings is 2. The highest BCUT2D eigenvalue weighted by atomic mass is 16.6. The molecule has 2 aromatic rings. The number of rotatable bonds is 3. The van der Waals surface area contributed by atoms with Crippen LogP contribution in [0.25, 0.3) is 10.8 Å². The lowest BCUT2D eigenvalue weighted by atomic mass is 10.1. The summed E-state index contributed by atoms with van der Waals surface area (Å²) in [5.74, 6) is -0.245. The molecule has 0 unspecified atom stereocenters. The van der Waals surface area contributed by atoms with E-state index in [9.17, 15) is 4.79 Å². The van der Waals surface area contributed by atoms with Crippen LogP contribution in [0.1, 0.15) is 27.7 Å². The Labute approximate surface area is 119 Å². The predicted octanol–water partition coefficient (Wildman–Crippen LogP) is 3.98. The molecule has 0 amide bonds. The van der Waals surface area contributed by atoms with Crippen molar-refractivity contribution in [3.05, 3.63) is 42.5 Å². The molecule has 0 fully saturated rings. The highest BCUT2D eigenvalue weighted by Gasteiger charge is 2.21. The van der Waals surface area contributed by atoms with Gasteiger partial charge in [0.05, 0.1) is 0 Å². The minimum absolute atomic E-state index is 0.245. The fraction of sp³-hybridized carbons (Fsp3) is 0.353. The SMILES string of the molecule is C[C@H](Nc1ccc2ccccc2c1)C(=O)OC(C)(C)C. The Kier molecular flexibility index (Phi) is 3.98. The van der Waals surface area contributed by atoms with Crippen LogP contribution < -0.4 is 5.32 Å². The van der Waals surface area contributed by atoms with E-state index >= 15 is 0 Å². The molecule has 20 heavy (non-hydrogen) atoms. The van der Waals surface area contributed by atoms with Crippen LogP contribution in [0.15, 0.2) is 42.5 Å². The minimum atomic E-state index is -0.462. The van der Waals surface area contributed by atoms with Crippen molar-refractivity contribution in [1.82, 2.24) is 0 Å². The molecule has 0 aliphatic carbocycles. The van der Waals surface area contributed by atoms with Crippen LogP contribution in [0.5, 0.6) is 0 Å². The van der Waals surface area contributed by atoms with Crippen LogP contribution in [0.4, 0.5) is 5.69 Å². The van der Waals surface area contributed by atoms with Gasteiger partial charge >= 0.3 is 5.97 Å². The molecule has 0 aliphatic heterocycles. The second-order valence-electron chi connectivity index (χ2n) is 5.96. The van der Waals surface area contributed by atoms with Crippen LogP contribution in [0.2, 0.25) is 0 Å². The molecule has 0 bridgehead atoms. The number of carbonyl (C=O) groups excluding carboxylic acids is 1. The van der Waals surface area contributed by atoms with Gasteiger partial charge < -0.3 is 10.1 Å². The molecule has 0 spiro atoms. The average molecular weight is 271 g/mol. The van der Waals surface area contributed by atoms with Crippen LogP contribution in [0.3, 0.4) is 0 Å². The Morgan fingerprint density at radius 3 is 2.40 bits per heavy atom. The van der Waals surface area contributed by atoms with Crippen molar-refractivity contribution < 1.29 is 9.53 Å². The van der Waals surface area contributed by atoms with Crippen molar-refractivity contribution in [2.45, 2.75) is 39.3 Å². The first-order chi connectivity index (χ1) is 9.35. The minimum Gasteiger partial charge on any atom is -0.458 e. The van der Waals surface area contributed by atoms with Crippen LogP contribution in [-0.2, 0) is 9.53 Å². The fourth-order valence-electron chi connectivity index (χ4n) is 1.98. The molecule has 3 nitrogen and oxygen atoms in total. The van der Waals surface area contributed by atoms with Crippen molar-refractivity contribution >= 4 is 22.4 Å². The van der Waals surface area contributed by atoms with E-state index < -0.39 is 5.60 Å². The standard InChI is InChI=1S/C17H21NO2/c1-12(16(19)20-17(2,3)4)18-15-10-9-13-7-5-6-8-14(13)11-15/h5-12,18H,1-4H3/t12-/m0/s1. The number of fused-ring (bicyclic) bond motifs is 1. The van der Waals surface area contributed by atoms with E-state index in [-0.39, 0.29) is 12.0 Å². The van der Waals surface area contributed by atoms with Crippen molar-refractivity contribution in [1.29, 1.82) is 0 Å². The zero-order chi connectivity index (χ0) is 14.8. The maximum atomic E-state index is 11.9. The smallest absolute Gasteiger partial charge is 0.328 e. The zero-order valence-corrected chi connectivity index (χ0v) is 12.4. The number of anilines is 1. The number of ether oxygens (including phenoxy) is 1. The second-order valence-corrected chi connectivity index (χ2v) is 5.96. The number of hydrogen-bond donors (Lipinski definition) is 1. The maximum Gasteiger partial charge on any atom is 0.328 e. The fourth-order valence-corrected chi connectivity index (χ4v) is 1.98. The molecule has 0 saturated heterocycles. The first-order valence-corrected chi connectivity index (χ1v) is 6.83. The lowest BCUT2D eigenvalue weighted by Crippen LogP contribution is -2.34. The molecular formula is C17H21NO2. The lowest BCUT2D eigenvalue weighted by molar-refractivity contribution is -0.155. The van der Waals surface area contributed by atoms with E-state index in [1.165, 1.54) is 5.39 Å². The third kappa shape index (κ3) is 3.73. The first-order valence-electron chi connectivity index (χ1n) is 6.83. The van der Waals surface area contributed by atoms with E-state index in [4.69, 9.17) is 4.74 Å². The Bertz CT molecular complexity index is 614. The summed E-state index contributed by atoms with van der Waals surface area (Å²) in [5, 5.41) is 5.51. The summed E-state index contributed by atoms with van der Waals surface area (Å²) in [4.78, 5) is 11.9. The molecule has 0 saturated carbocycles. The Balaban J connectivity index is 2.09. The van der Waals surface area contributed by atoms with Gasteiger partial charge in [0.25, 0.3) is 0 Å². The van der Waals surface area contributed by atoms with Gasteiger partial charge in [0, 0.05) is 5.69 Å². The number of hydrogen-bond acceptors (Lipinski definition) is 3. The predicted molar refractivity (Wildman–Crippen MR) is 82.9 cm³/mol. The molecule has 1 atom stereocenters. The van der Waals surface area contributed by atoms with Gasteiger partial charge in [0.15, 0.2) is 0 Å². The second kappa shape index (κ2) is 5.53. The zero-order valence-electron chi connectivity index (χ0n) is 12.4. The number of carbonyl (C=O) groups is 1. The van der Waals surface area contributed by atoms with Crippen LogP contribution >= 0.6 is 0 Å². The van der Waals surface area contributed by atoms with Gasteiger partial charge in [0.1, 0.15) is 11.6 Å². The van der Waals surface area contributed by atoms with Gasteiger partial charge in [-0.1, -0.05) is 30.3 Å². The lowest BCUT2D eigenvalue weighted by Gasteiger charge is -2.23. The molecule has 0 radical (unpaired) electrons. The monoisotopic (exact) mass is 271 g/mol. The van der Waals surface area contributed by atoms with Gasteiger partial charge in [-0.05, 0) is 50.6 Å². The molecule has 2 rings (SSSR count). The van der Waals surface area contributed by atoms with E-state index in [0.717, 1.165) is 11.1 Å². The van der Waals surface area contributed by atoms with E-state index in [2.05, 4.69) is 17.4 Å². The normalized spacial score (nSPS) is 13.0. The summed E-state index contributed by atoms with van der Waals surface area (Å²) in [6, 6.07) is 13.8. The van der Waals surface area contributed by atoms with Crippen LogP contribution in [0, 0.1) is 0 Å². The molecule has 2 aromatic carbocycles. The summed E-state index contributed by atoms with van der Waals surface area (Å²) < 4.78 is 5.36. The van der Waals surface area contributed by atoms with E-state index in [0.29, 0.717) is 0 Å². The molecule has 0 aromatic heterocycles. The van der Waals surface area contributed by atoms with Gasteiger partial charge in [-0.2, -0.15) is 0 Å². The summed E-state index contributed by atoms with van der Waals surface area (Å²) in [6.07, 6.45) is 0. The Hall–Kier alpha value is -2.03. The highest BCUT2D eigenvalue weighted by Crippen LogP contribution is 2.20. The molecule has 0 aliphatic rings. The summed E-state index contributed by atoms with van der Waals surface area (Å²) in [5.41, 5.74) is 0.457. The summed E-state index contributed by atoms with van der Waals surface area (Å²) in [6.45, 7) is 7.41. The van der Waals surface area contributed by atoms with Crippen molar-refractivity contribution in [3.63, 3.8) is 0 Å². The molecular weight excluding hydrogens is 250 g/mol. The van der Waals surface area contributed by atoms with Gasteiger partial charge in [-0.15, -0.1) is 0 Å². The Morgan fingerprint density at radius 1 is 1.10 bits per heavy atom. The van der Waals surface area contributed by atoms with Crippen molar-refractivity contribution in [2.75, 3.05) is 5.32 Å². The largest absolute Gasteiger partial charge is 0.458 e. The van der Waals surface area contributed by atoms with Crippen molar-refractivity contribution in [2.24, 2.45) is 0 Å². The molecule has 0 heterocycles. The topological polar surface area (TPSA) is 38.3 Å². The molecule has 1 N–H and O–H groups in total. The summed E-state index contributed by atoms with van der Waals surface area (Å²) >= 11 is 0. The van der Waals surface area contributed by atoms with Crippen LogP contribution in [-0.4, -0.2) is 17.6 Å².